The summed E-state index contributed by atoms with van der Waals surface area (Å²) in [6.07, 6.45) is 1.70. The summed E-state index contributed by atoms with van der Waals surface area (Å²) in [7, 11) is 1.58. The van der Waals surface area contributed by atoms with Crippen LogP contribution in [0, 0.1) is 0 Å². The lowest BCUT2D eigenvalue weighted by atomic mass is 10.00. The minimum absolute atomic E-state index is 0.160. The summed E-state index contributed by atoms with van der Waals surface area (Å²) < 4.78 is 5.55. The number of nitrogens with one attached hydrogen (secondary N) is 2. The van der Waals surface area contributed by atoms with Gasteiger partial charge in [0.15, 0.2) is 0 Å². The van der Waals surface area contributed by atoms with Crippen molar-refractivity contribution in [3.05, 3.63) is 71.9 Å². The van der Waals surface area contributed by atoms with E-state index in [1.165, 1.54) is 0 Å². The van der Waals surface area contributed by atoms with Crippen molar-refractivity contribution >= 4 is 22.9 Å². The Morgan fingerprint density at radius 3 is 2.62 bits per heavy atom. The fourth-order valence-corrected chi connectivity index (χ4v) is 2.94. The SMILES string of the molecule is COC(=C1C(=O)Nc2cc(-c3ccn[nH]3)ccc21)c1ccccc1. The van der Waals surface area contributed by atoms with Gasteiger partial charge in [0, 0.05) is 28.6 Å². The van der Waals surface area contributed by atoms with Crippen LogP contribution in [0.15, 0.2) is 60.8 Å². The summed E-state index contributed by atoms with van der Waals surface area (Å²) in [5.74, 6) is 0.411. The Bertz CT molecular complexity index is 929. The first-order valence-electron chi connectivity index (χ1n) is 7.57. The highest BCUT2D eigenvalue weighted by atomic mass is 16.5. The molecular weight excluding hydrogens is 302 g/mol. The maximum absolute atomic E-state index is 12.5. The highest BCUT2D eigenvalue weighted by Gasteiger charge is 2.29. The summed E-state index contributed by atoms with van der Waals surface area (Å²) in [4.78, 5) is 12.5. The molecule has 118 valence electrons. The molecule has 0 saturated carbocycles. The van der Waals surface area contributed by atoms with E-state index < -0.39 is 0 Å². The molecule has 0 radical (unpaired) electrons. The standard InChI is InChI=1S/C19H15N3O2/c1-24-18(12-5-3-2-4-6-12)17-14-8-7-13(15-9-10-20-22-15)11-16(14)21-19(17)23/h2-11H,1H3,(H,20,22)(H,21,23). The van der Waals surface area contributed by atoms with Gasteiger partial charge in [0.25, 0.3) is 5.91 Å². The first kappa shape index (κ1) is 14.3. The van der Waals surface area contributed by atoms with Crippen molar-refractivity contribution < 1.29 is 9.53 Å². The third-order valence-corrected chi connectivity index (χ3v) is 4.04. The zero-order chi connectivity index (χ0) is 16.5. The van der Waals surface area contributed by atoms with Crippen LogP contribution < -0.4 is 5.32 Å². The minimum Gasteiger partial charge on any atom is -0.495 e. The van der Waals surface area contributed by atoms with Crippen molar-refractivity contribution in [2.45, 2.75) is 0 Å². The van der Waals surface area contributed by atoms with Gasteiger partial charge in [-0.3, -0.25) is 9.89 Å². The molecule has 5 nitrogen and oxygen atoms in total. The van der Waals surface area contributed by atoms with Crippen LogP contribution in [0.5, 0.6) is 0 Å². The number of anilines is 1. The number of fused-ring (bicyclic) bond motifs is 1. The molecule has 5 heteroatoms. The van der Waals surface area contributed by atoms with Gasteiger partial charge in [-0.2, -0.15) is 5.10 Å². The number of aromatic amines is 1. The average Bonchev–Trinajstić information content (AvgIpc) is 3.25. The minimum atomic E-state index is -0.160. The van der Waals surface area contributed by atoms with Gasteiger partial charge >= 0.3 is 0 Å². The van der Waals surface area contributed by atoms with Crippen molar-refractivity contribution in [2.24, 2.45) is 0 Å². The number of nitrogens with zero attached hydrogens (tertiary/aromatic N) is 1. The molecule has 1 amide bonds. The zero-order valence-corrected chi connectivity index (χ0v) is 13.0. The Balaban J connectivity index is 1.86. The number of rotatable bonds is 3. The van der Waals surface area contributed by atoms with Gasteiger partial charge in [-0.25, -0.2) is 0 Å². The summed E-state index contributed by atoms with van der Waals surface area (Å²) in [5, 5.41) is 9.81. The summed E-state index contributed by atoms with van der Waals surface area (Å²) in [6, 6.07) is 17.3. The normalized spacial score (nSPS) is 15.0. The molecule has 3 aromatic rings. The molecule has 0 spiro atoms. The smallest absolute Gasteiger partial charge is 0.260 e. The predicted octanol–water partition coefficient (Wildman–Crippen LogP) is 3.54. The number of H-pyrrole nitrogens is 1. The Morgan fingerprint density at radius 1 is 1.08 bits per heavy atom. The van der Waals surface area contributed by atoms with Crippen LogP contribution in [0.4, 0.5) is 5.69 Å². The van der Waals surface area contributed by atoms with Gasteiger partial charge in [0.1, 0.15) is 5.76 Å². The fraction of sp³-hybridized carbons (Fsp3) is 0.0526. The quantitative estimate of drug-likeness (QED) is 0.573. The van der Waals surface area contributed by atoms with Crippen LogP contribution >= 0.6 is 0 Å². The van der Waals surface area contributed by atoms with E-state index >= 15 is 0 Å². The van der Waals surface area contributed by atoms with Crippen LogP contribution in [-0.4, -0.2) is 23.2 Å². The van der Waals surface area contributed by atoms with Crippen LogP contribution in [0.3, 0.4) is 0 Å². The molecule has 24 heavy (non-hydrogen) atoms. The lowest BCUT2D eigenvalue weighted by Crippen LogP contribution is -2.06. The molecule has 0 bridgehead atoms. The van der Waals surface area contributed by atoms with Gasteiger partial charge in [-0.1, -0.05) is 42.5 Å². The monoisotopic (exact) mass is 317 g/mol. The van der Waals surface area contributed by atoms with Crippen molar-refractivity contribution in [3.8, 4) is 11.3 Å². The summed E-state index contributed by atoms with van der Waals surface area (Å²) in [5.41, 5.74) is 4.90. The van der Waals surface area contributed by atoms with E-state index in [0.717, 1.165) is 28.1 Å². The first-order valence-corrected chi connectivity index (χ1v) is 7.57. The molecular formula is C19H15N3O2. The predicted molar refractivity (Wildman–Crippen MR) is 92.9 cm³/mol. The number of benzene rings is 2. The Labute approximate surface area is 139 Å². The number of carbonyl (C=O) groups excluding carboxylic acids is 1. The van der Waals surface area contributed by atoms with Crippen LogP contribution in [0.2, 0.25) is 0 Å². The molecule has 1 aromatic heterocycles. The van der Waals surface area contributed by atoms with E-state index in [9.17, 15) is 4.79 Å². The summed E-state index contributed by atoms with van der Waals surface area (Å²) >= 11 is 0. The average molecular weight is 317 g/mol. The molecule has 1 aliphatic rings. The molecule has 4 rings (SSSR count). The second kappa shape index (κ2) is 5.70. The van der Waals surface area contributed by atoms with Crippen LogP contribution in [-0.2, 0) is 9.53 Å². The van der Waals surface area contributed by atoms with E-state index in [1.807, 2.05) is 54.6 Å². The van der Waals surface area contributed by atoms with E-state index in [0.29, 0.717) is 11.3 Å². The number of hydrogen-bond donors (Lipinski definition) is 2. The van der Waals surface area contributed by atoms with Gasteiger partial charge < -0.3 is 10.1 Å². The molecule has 2 aromatic carbocycles. The highest BCUT2D eigenvalue weighted by molar-refractivity contribution is 6.36. The van der Waals surface area contributed by atoms with E-state index in [1.54, 1.807) is 13.3 Å². The topological polar surface area (TPSA) is 67.0 Å². The van der Waals surface area contributed by atoms with Gasteiger partial charge in [-0.05, 0) is 12.1 Å². The summed E-state index contributed by atoms with van der Waals surface area (Å²) in [6.45, 7) is 0. The Morgan fingerprint density at radius 2 is 1.92 bits per heavy atom. The Kier molecular flexibility index (Phi) is 3.39. The maximum Gasteiger partial charge on any atom is 0.260 e. The first-order chi connectivity index (χ1) is 11.8. The number of ether oxygens (including phenoxy) is 1. The third-order valence-electron chi connectivity index (χ3n) is 4.04. The molecule has 0 unspecified atom stereocenters. The van der Waals surface area contributed by atoms with Crippen LogP contribution in [0.25, 0.3) is 22.6 Å². The highest BCUT2D eigenvalue weighted by Crippen LogP contribution is 2.39. The molecule has 0 saturated heterocycles. The van der Waals surface area contributed by atoms with E-state index in [4.69, 9.17) is 4.74 Å². The number of methoxy groups -OCH3 is 1. The van der Waals surface area contributed by atoms with Crippen molar-refractivity contribution in [1.29, 1.82) is 0 Å². The third kappa shape index (κ3) is 2.27. The Hall–Kier alpha value is -3.34. The number of carbonyl (C=O) groups is 1. The molecule has 0 atom stereocenters. The molecule has 0 fully saturated rings. The lowest BCUT2D eigenvalue weighted by molar-refractivity contribution is -0.110. The fourth-order valence-electron chi connectivity index (χ4n) is 2.94. The number of aromatic nitrogens is 2. The second-order valence-corrected chi connectivity index (χ2v) is 5.46. The molecule has 1 aliphatic heterocycles. The van der Waals surface area contributed by atoms with Crippen molar-refractivity contribution in [2.75, 3.05) is 12.4 Å². The largest absolute Gasteiger partial charge is 0.495 e. The lowest BCUT2D eigenvalue weighted by Gasteiger charge is -2.10. The van der Waals surface area contributed by atoms with Gasteiger partial charge in [-0.15, -0.1) is 0 Å². The molecule has 2 heterocycles. The van der Waals surface area contributed by atoms with Crippen molar-refractivity contribution in [1.82, 2.24) is 10.2 Å². The number of hydrogen-bond acceptors (Lipinski definition) is 3. The van der Waals surface area contributed by atoms with E-state index in [2.05, 4.69) is 15.5 Å². The maximum atomic E-state index is 12.5. The van der Waals surface area contributed by atoms with Gasteiger partial charge in [0.05, 0.1) is 18.4 Å². The zero-order valence-electron chi connectivity index (χ0n) is 13.0. The number of amides is 1. The second-order valence-electron chi connectivity index (χ2n) is 5.46. The van der Waals surface area contributed by atoms with E-state index in [-0.39, 0.29) is 5.91 Å². The molecule has 0 aliphatic carbocycles. The van der Waals surface area contributed by atoms with Crippen LogP contribution in [0.1, 0.15) is 11.1 Å². The van der Waals surface area contributed by atoms with Gasteiger partial charge in [0.2, 0.25) is 0 Å². The molecule has 2 N–H and O–H groups in total. The van der Waals surface area contributed by atoms with Crippen molar-refractivity contribution in [3.63, 3.8) is 0 Å².